The van der Waals surface area contributed by atoms with Crippen molar-refractivity contribution >= 4 is 39.2 Å². The number of para-hydroxylation sites is 1. The fourth-order valence-corrected chi connectivity index (χ4v) is 5.39. The smallest absolute Gasteiger partial charge is 0.320 e. The summed E-state index contributed by atoms with van der Waals surface area (Å²) < 4.78 is 12.2. The standard InChI is InChI=1S/C30H24ClN7O4/c1-16(35-28-24-21(39)12-13-32-27(24)33-15-34-28)26-25(31)19-11-7-10-18(20-14-22(41-2)37-30(36-20)42-3)23(19)29(40)38(26)17-8-5-4-6-9-17/h4-16H,1-3H3,(H2,32,33,34,35,39)/t16-/m0/s1. The Balaban J connectivity index is 1.62. The molecule has 0 fully saturated rings. The summed E-state index contributed by atoms with van der Waals surface area (Å²) >= 11 is 7.17. The van der Waals surface area contributed by atoms with Gasteiger partial charge in [-0.1, -0.05) is 48.0 Å². The molecule has 4 aromatic heterocycles. The van der Waals surface area contributed by atoms with Crippen LogP contribution in [0.4, 0.5) is 5.82 Å². The van der Waals surface area contributed by atoms with Crippen molar-refractivity contribution in [2.45, 2.75) is 13.0 Å². The average molecular weight is 582 g/mol. The molecule has 0 bridgehead atoms. The lowest BCUT2D eigenvalue weighted by molar-refractivity contribution is 0.353. The lowest BCUT2D eigenvalue weighted by Gasteiger charge is -2.24. The first kappa shape index (κ1) is 26.9. The monoisotopic (exact) mass is 581 g/mol. The fourth-order valence-electron chi connectivity index (χ4n) is 4.98. The molecule has 42 heavy (non-hydrogen) atoms. The molecule has 0 aliphatic heterocycles. The number of benzene rings is 2. The van der Waals surface area contributed by atoms with Gasteiger partial charge in [0.15, 0.2) is 5.43 Å². The summed E-state index contributed by atoms with van der Waals surface area (Å²) in [5, 5.41) is 4.81. The Labute approximate surface area is 243 Å². The molecular weight excluding hydrogens is 558 g/mol. The van der Waals surface area contributed by atoms with Gasteiger partial charge in [0.1, 0.15) is 23.2 Å². The van der Waals surface area contributed by atoms with E-state index in [-0.39, 0.29) is 22.9 Å². The van der Waals surface area contributed by atoms with Crippen molar-refractivity contribution in [3.05, 3.63) is 104 Å². The molecule has 11 nitrogen and oxygen atoms in total. The number of pyridine rings is 2. The quantitative estimate of drug-likeness (QED) is 0.269. The van der Waals surface area contributed by atoms with Crippen molar-refractivity contribution in [3.8, 4) is 28.8 Å². The zero-order valence-electron chi connectivity index (χ0n) is 22.8. The van der Waals surface area contributed by atoms with Crippen LogP contribution in [0.5, 0.6) is 11.9 Å². The number of hydrogen-bond donors (Lipinski definition) is 2. The van der Waals surface area contributed by atoms with Crippen LogP contribution in [0, 0.1) is 0 Å². The number of methoxy groups -OCH3 is 2. The highest BCUT2D eigenvalue weighted by Gasteiger charge is 2.25. The van der Waals surface area contributed by atoms with Gasteiger partial charge < -0.3 is 19.8 Å². The molecule has 2 aromatic carbocycles. The van der Waals surface area contributed by atoms with E-state index in [1.165, 1.54) is 32.8 Å². The van der Waals surface area contributed by atoms with Gasteiger partial charge in [-0.2, -0.15) is 9.97 Å². The summed E-state index contributed by atoms with van der Waals surface area (Å²) in [5.41, 5.74) is 1.87. The molecular formula is C30H24ClN7O4. The Morgan fingerprint density at radius 2 is 1.76 bits per heavy atom. The maximum atomic E-state index is 14.5. The van der Waals surface area contributed by atoms with E-state index < -0.39 is 6.04 Å². The van der Waals surface area contributed by atoms with Crippen molar-refractivity contribution in [1.82, 2.24) is 29.5 Å². The van der Waals surface area contributed by atoms with Gasteiger partial charge in [-0.25, -0.2) is 9.97 Å². The van der Waals surface area contributed by atoms with Crippen LogP contribution in [0.1, 0.15) is 18.7 Å². The number of nitrogens with one attached hydrogen (secondary N) is 2. The number of ether oxygens (including phenoxy) is 2. The van der Waals surface area contributed by atoms with Gasteiger partial charge >= 0.3 is 6.01 Å². The predicted octanol–water partition coefficient (Wildman–Crippen LogP) is 4.92. The van der Waals surface area contributed by atoms with Gasteiger partial charge in [-0.15, -0.1) is 0 Å². The second-order valence-electron chi connectivity index (χ2n) is 9.34. The van der Waals surface area contributed by atoms with E-state index in [0.29, 0.717) is 55.3 Å². The first-order chi connectivity index (χ1) is 20.4. The number of aromatic amines is 1. The third kappa shape index (κ3) is 4.59. The maximum Gasteiger partial charge on any atom is 0.320 e. The zero-order valence-corrected chi connectivity index (χ0v) is 23.5. The topological polar surface area (TPSA) is 137 Å². The number of nitrogens with zero attached hydrogens (tertiary/aromatic N) is 5. The van der Waals surface area contributed by atoms with Gasteiger partial charge in [0, 0.05) is 35.0 Å². The summed E-state index contributed by atoms with van der Waals surface area (Å²) in [6.07, 6.45) is 2.88. The third-order valence-corrected chi connectivity index (χ3v) is 7.26. The minimum atomic E-state index is -0.574. The van der Waals surface area contributed by atoms with Crippen LogP contribution in [0.2, 0.25) is 5.02 Å². The molecule has 0 aliphatic rings. The SMILES string of the molecule is COc1cc(-c2cccc3c(Cl)c([C@H](C)Nc4ncnc5[nH]ccc(=O)c45)n(-c4ccccc4)c(=O)c23)nc(OC)n1. The van der Waals surface area contributed by atoms with E-state index in [4.69, 9.17) is 21.1 Å². The largest absolute Gasteiger partial charge is 0.481 e. The Morgan fingerprint density at radius 3 is 2.52 bits per heavy atom. The summed E-state index contributed by atoms with van der Waals surface area (Å²) in [5.74, 6) is 0.594. The molecule has 12 heteroatoms. The molecule has 0 radical (unpaired) electrons. The summed E-state index contributed by atoms with van der Waals surface area (Å²) in [4.78, 5) is 47.4. The zero-order chi connectivity index (χ0) is 29.4. The van der Waals surface area contributed by atoms with Crippen molar-refractivity contribution in [3.63, 3.8) is 0 Å². The molecule has 0 unspecified atom stereocenters. The first-order valence-electron chi connectivity index (χ1n) is 12.9. The number of anilines is 1. The lowest BCUT2D eigenvalue weighted by atomic mass is 10.0. The summed E-state index contributed by atoms with van der Waals surface area (Å²) in [6.45, 7) is 1.85. The number of aromatic nitrogens is 6. The first-order valence-corrected chi connectivity index (χ1v) is 13.3. The van der Waals surface area contributed by atoms with Crippen LogP contribution in [0.15, 0.2) is 82.8 Å². The minimum absolute atomic E-state index is 0.0948. The van der Waals surface area contributed by atoms with Crippen LogP contribution in [0.25, 0.3) is 38.8 Å². The number of halogens is 1. The lowest BCUT2D eigenvalue weighted by Crippen LogP contribution is -2.27. The number of rotatable bonds is 7. The van der Waals surface area contributed by atoms with E-state index in [9.17, 15) is 9.59 Å². The second-order valence-corrected chi connectivity index (χ2v) is 9.72. The molecule has 0 saturated heterocycles. The Kier molecular flexibility index (Phi) is 7.01. The Hall–Kier alpha value is -5.29. The molecule has 0 spiro atoms. The molecule has 0 amide bonds. The van der Waals surface area contributed by atoms with Crippen LogP contribution in [-0.2, 0) is 0 Å². The Morgan fingerprint density at radius 1 is 0.952 bits per heavy atom. The fraction of sp³-hybridized carbons (Fsp3) is 0.133. The summed E-state index contributed by atoms with van der Waals surface area (Å²) in [6, 6.07) is 17.1. The second kappa shape index (κ2) is 10.9. The number of hydrogen-bond acceptors (Lipinski definition) is 9. The highest BCUT2D eigenvalue weighted by Crippen LogP contribution is 2.37. The van der Waals surface area contributed by atoms with Crippen LogP contribution in [-0.4, -0.2) is 43.7 Å². The van der Waals surface area contributed by atoms with E-state index in [1.807, 2.05) is 37.3 Å². The highest BCUT2D eigenvalue weighted by atomic mass is 35.5. The van der Waals surface area contributed by atoms with Crippen LogP contribution < -0.4 is 25.8 Å². The molecule has 0 saturated carbocycles. The van der Waals surface area contributed by atoms with Crippen molar-refractivity contribution in [2.75, 3.05) is 19.5 Å². The molecule has 4 heterocycles. The summed E-state index contributed by atoms with van der Waals surface area (Å²) in [7, 11) is 2.94. The predicted molar refractivity (Wildman–Crippen MR) is 161 cm³/mol. The van der Waals surface area contributed by atoms with Gasteiger partial charge in [0.2, 0.25) is 5.88 Å². The normalized spacial score (nSPS) is 11.9. The van der Waals surface area contributed by atoms with E-state index >= 15 is 0 Å². The third-order valence-electron chi connectivity index (χ3n) is 6.86. The maximum absolute atomic E-state index is 14.5. The van der Waals surface area contributed by atoms with Crippen molar-refractivity contribution in [2.24, 2.45) is 0 Å². The molecule has 6 aromatic rings. The highest BCUT2D eigenvalue weighted by molar-refractivity contribution is 6.36. The van der Waals surface area contributed by atoms with E-state index in [0.717, 1.165) is 0 Å². The Bertz CT molecular complexity index is 2050. The van der Waals surface area contributed by atoms with Crippen molar-refractivity contribution in [1.29, 1.82) is 0 Å². The minimum Gasteiger partial charge on any atom is -0.481 e. The van der Waals surface area contributed by atoms with Crippen molar-refractivity contribution < 1.29 is 9.47 Å². The molecule has 2 N–H and O–H groups in total. The molecule has 0 aliphatic carbocycles. The molecule has 1 atom stereocenters. The van der Waals surface area contributed by atoms with Gasteiger partial charge in [0.05, 0.1) is 42.1 Å². The van der Waals surface area contributed by atoms with E-state index in [2.05, 4.69) is 30.2 Å². The van der Waals surface area contributed by atoms with Crippen LogP contribution >= 0.6 is 11.6 Å². The number of H-pyrrole nitrogens is 1. The molecule has 6 rings (SSSR count). The average Bonchev–Trinajstić information content (AvgIpc) is 3.02. The van der Waals surface area contributed by atoms with Crippen LogP contribution in [0.3, 0.4) is 0 Å². The van der Waals surface area contributed by atoms with Gasteiger partial charge in [0.25, 0.3) is 5.56 Å². The number of fused-ring (bicyclic) bond motifs is 2. The molecule has 210 valence electrons. The van der Waals surface area contributed by atoms with E-state index in [1.54, 1.807) is 28.8 Å². The van der Waals surface area contributed by atoms with Gasteiger partial charge in [-0.05, 0) is 19.1 Å². The van der Waals surface area contributed by atoms with Gasteiger partial charge in [-0.3, -0.25) is 14.2 Å².